The third-order valence-electron chi connectivity index (χ3n) is 5.57. The van der Waals surface area contributed by atoms with Gasteiger partial charge in [0, 0.05) is 57.6 Å². The molecule has 1 saturated heterocycles. The molecule has 1 N–H and O–H groups in total. The lowest BCUT2D eigenvalue weighted by Crippen LogP contribution is -2.52. The highest BCUT2D eigenvalue weighted by molar-refractivity contribution is 14.0. The largest absolute Gasteiger partial charge is 0.364 e. The van der Waals surface area contributed by atoms with Crippen LogP contribution in [-0.2, 0) is 19.6 Å². The number of rotatable bonds is 7. The Bertz CT molecular complexity index is 1060. The standard InChI is InChI=1S/C24H30N6O2.HI/c1-2-25-24(29-14-12-28(13-15-29)19-22-10-16-32-27-22)26-17-20-6-8-21(9-7-20)18-30-11-4-3-5-23(30)31;/h3-11,16H,2,12-15,17-19H2,1H3,(H,25,26);1H. The van der Waals surface area contributed by atoms with Crippen LogP contribution in [0.4, 0.5) is 0 Å². The number of piperazine rings is 1. The van der Waals surface area contributed by atoms with Gasteiger partial charge in [0.05, 0.1) is 18.8 Å². The van der Waals surface area contributed by atoms with Gasteiger partial charge in [-0.2, -0.15) is 0 Å². The molecule has 0 bridgehead atoms. The van der Waals surface area contributed by atoms with E-state index in [2.05, 4.69) is 51.5 Å². The Kier molecular flexibility index (Phi) is 9.49. The first kappa shape index (κ1) is 25.0. The summed E-state index contributed by atoms with van der Waals surface area (Å²) in [6, 6.07) is 15.5. The van der Waals surface area contributed by atoms with Gasteiger partial charge in [-0.15, -0.1) is 24.0 Å². The number of halogens is 1. The molecule has 1 aromatic carbocycles. The minimum atomic E-state index is 0. The first-order valence-electron chi connectivity index (χ1n) is 11.1. The Labute approximate surface area is 211 Å². The predicted molar refractivity (Wildman–Crippen MR) is 140 cm³/mol. The Morgan fingerprint density at radius 2 is 1.79 bits per heavy atom. The summed E-state index contributed by atoms with van der Waals surface area (Å²) >= 11 is 0. The van der Waals surface area contributed by atoms with Crippen molar-refractivity contribution in [2.75, 3.05) is 32.7 Å². The van der Waals surface area contributed by atoms with Gasteiger partial charge in [-0.05, 0) is 24.1 Å². The second kappa shape index (κ2) is 12.5. The van der Waals surface area contributed by atoms with Crippen LogP contribution in [0.25, 0.3) is 0 Å². The quantitative estimate of drug-likeness (QED) is 0.271. The lowest BCUT2D eigenvalue weighted by Gasteiger charge is -2.36. The van der Waals surface area contributed by atoms with Crippen LogP contribution >= 0.6 is 24.0 Å². The SMILES string of the molecule is CCNC(=NCc1ccc(Cn2ccccc2=O)cc1)N1CCN(Cc2ccon2)CC1.I. The highest BCUT2D eigenvalue weighted by Gasteiger charge is 2.20. The van der Waals surface area contributed by atoms with Crippen molar-refractivity contribution in [3.05, 3.63) is 88.2 Å². The molecule has 0 amide bonds. The van der Waals surface area contributed by atoms with E-state index in [1.165, 1.54) is 0 Å². The van der Waals surface area contributed by atoms with Crippen molar-refractivity contribution in [3.8, 4) is 0 Å². The van der Waals surface area contributed by atoms with E-state index in [-0.39, 0.29) is 29.5 Å². The molecule has 176 valence electrons. The molecule has 33 heavy (non-hydrogen) atoms. The summed E-state index contributed by atoms with van der Waals surface area (Å²) in [6.45, 7) is 8.72. The summed E-state index contributed by atoms with van der Waals surface area (Å²) in [4.78, 5) is 21.5. The van der Waals surface area contributed by atoms with Crippen molar-refractivity contribution in [2.45, 2.75) is 26.6 Å². The minimum Gasteiger partial charge on any atom is -0.364 e. The van der Waals surface area contributed by atoms with E-state index in [9.17, 15) is 4.79 Å². The van der Waals surface area contributed by atoms with Crippen LogP contribution in [0.5, 0.6) is 0 Å². The lowest BCUT2D eigenvalue weighted by atomic mass is 10.1. The van der Waals surface area contributed by atoms with Gasteiger partial charge in [0.15, 0.2) is 5.96 Å². The van der Waals surface area contributed by atoms with Gasteiger partial charge < -0.3 is 19.3 Å². The molecule has 0 unspecified atom stereocenters. The number of nitrogens with one attached hydrogen (secondary N) is 1. The molecule has 4 rings (SSSR count). The van der Waals surface area contributed by atoms with Gasteiger partial charge >= 0.3 is 0 Å². The van der Waals surface area contributed by atoms with Gasteiger partial charge in [-0.1, -0.05) is 35.5 Å². The number of hydrogen-bond donors (Lipinski definition) is 1. The molecule has 2 aromatic heterocycles. The molecule has 0 saturated carbocycles. The molecular formula is C24H31IN6O2. The summed E-state index contributed by atoms with van der Waals surface area (Å²) in [6.07, 6.45) is 3.43. The van der Waals surface area contributed by atoms with Crippen LogP contribution in [0, 0.1) is 0 Å². The number of hydrogen-bond acceptors (Lipinski definition) is 5. The van der Waals surface area contributed by atoms with E-state index in [4.69, 9.17) is 9.52 Å². The third-order valence-corrected chi connectivity index (χ3v) is 5.57. The summed E-state index contributed by atoms with van der Waals surface area (Å²) in [5.74, 6) is 0.952. The summed E-state index contributed by atoms with van der Waals surface area (Å²) < 4.78 is 6.64. The maximum atomic E-state index is 11.9. The molecule has 1 aliphatic heterocycles. The fraction of sp³-hybridized carbons (Fsp3) is 0.375. The highest BCUT2D eigenvalue weighted by Crippen LogP contribution is 2.10. The van der Waals surface area contributed by atoms with Crippen molar-refractivity contribution in [2.24, 2.45) is 4.99 Å². The molecule has 8 nitrogen and oxygen atoms in total. The third kappa shape index (κ3) is 7.16. The maximum absolute atomic E-state index is 11.9. The predicted octanol–water partition coefficient (Wildman–Crippen LogP) is 2.79. The molecule has 3 heterocycles. The zero-order chi connectivity index (χ0) is 22.2. The number of nitrogens with zero attached hydrogens (tertiary/aromatic N) is 5. The van der Waals surface area contributed by atoms with Crippen molar-refractivity contribution >= 4 is 29.9 Å². The van der Waals surface area contributed by atoms with E-state index in [1.807, 2.05) is 18.3 Å². The van der Waals surface area contributed by atoms with Crippen molar-refractivity contribution in [3.63, 3.8) is 0 Å². The first-order valence-corrected chi connectivity index (χ1v) is 11.1. The zero-order valence-corrected chi connectivity index (χ0v) is 21.2. The second-order valence-electron chi connectivity index (χ2n) is 7.91. The van der Waals surface area contributed by atoms with Crippen LogP contribution < -0.4 is 10.9 Å². The smallest absolute Gasteiger partial charge is 0.250 e. The number of guanidine groups is 1. The Balaban J connectivity index is 0.00000306. The second-order valence-corrected chi connectivity index (χ2v) is 7.91. The number of benzene rings is 1. The van der Waals surface area contributed by atoms with E-state index in [0.717, 1.165) is 62.0 Å². The van der Waals surface area contributed by atoms with E-state index in [0.29, 0.717) is 13.1 Å². The number of aliphatic imine (C=N–C) groups is 1. The molecular weight excluding hydrogens is 531 g/mol. The van der Waals surface area contributed by atoms with Crippen molar-refractivity contribution in [1.29, 1.82) is 0 Å². The highest BCUT2D eigenvalue weighted by atomic mass is 127. The Hall–Kier alpha value is -2.66. The van der Waals surface area contributed by atoms with Crippen LogP contribution in [-0.4, -0.2) is 58.2 Å². The van der Waals surface area contributed by atoms with Gasteiger partial charge in [-0.3, -0.25) is 9.69 Å². The maximum Gasteiger partial charge on any atom is 0.250 e. The van der Waals surface area contributed by atoms with Crippen LogP contribution in [0.2, 0.25) is 0 Å². The fourth-order valence-electron chi connectivity index (χ4n) is 3.80. The van der Waals surface area contributed by atoms with Crippen LogP contribution in [0.1, 0.15) is 23.7 Å². The first-order chi connectivity index (χ1) is 15.7. The molecule has 3 aromatic rings. The Morgan fingerprint density at radius 3 is 2.45 bits per heavy atom. The summed E-state index contributed by atoms with van der Waals surface area (Å²) in [5.41, 5.74) is 3.23. The molecule has 9 heteroatoms. The Morgan fingerprint density at radius 1 is 1.03 bits per heavy atom. The number of aromatic nitrogens is 2. The van der Waals surface area contributed by atoms with E-state index >= 15 is 0 Å². The normalized spacial score (nSPS) is 14.7. The van der Waals surface area contributed by atoms with Crippen LogP contribution in [0.15, 0.2) is 75.3 Å². The molecule has 0 atom stereocenters. The van der Waals surface area contributed by atoms with Gasteiger partial charge in [0.25, 0.3) is 5.56 Å². The monoisotopic (exact) mass is 562 g/mol. The van der Waals surface area contributed by atoms with Crippen molar-refractivity contribution < 1.29 is 4.52 Å². The molecule has 0 radical (unpaired) electrons. The lowest BCUT2D eigenvalue weighted by molar-refractivity contribution is 0.169. The fourth-order valence-corrected chi connectivity index (χ4v) is 3.80. The average Bonchev–Trinajstić information content (AvgIpc) is 3.33. The van der Waals surface area contributed by atoms with Crippen LogP contribution in [0.3, 0.4) is 0 Å². The van der Waals surface area contributed by atoms with Gasteiger partial charge in [0.1, 0.15) is 6.26 Å². The number of pyridine rings is 1. The average molecular weight is 562 g/mol. The van der Waals surface area contributed by atoms with E-state index < -0.39 is 0 Å². The topological polar surface area (TPSA) is 78.9 Å². The van der Waals surface area contributed by atoms with Crippen molar-refractivity contribution in [1.82, 2.24) is 24.8 Å². The molecule has 0 spiro atoms. The molecule has 1 fully saturated rings. The zero-order valence-electron chi connectivity index (χ0n) is 18.9. The summed E-state index contributed by atoms with van der Waals surface area (Å²) in [5, 5.41) is 7.43. The van der Waals surface area contributed by atoms with Gasteiger partial charge in [0.2, 0.25) is 0 Å². The molecule has 1 aliphatic rings. The summed E-state index contributed by atoms with van der Waals surface area (Å²) in [7, 11) is 0. The van der Waals surface area contributed by atoms with Gasteiger partial charge in [-0.25, -0.2) is 4.99 Å². The van der Waals surface area contributed by atoms with E-state index in [1.54, 1.807) is 23.0 Å². The minimum absolute atomic E-state index is 0. The molecule has 0 aliphatic carbocycles.